The molecule has 0 bridgehead atoms. The third kappa shape index (κ3) is 4.13. The average Bonchev–Trinajstić information content (AvgIpc) is 2.68. The number of amides is 1. The minimum absolute atomic E-state index is 0.197. The van der Waals surface area contributed by atoms with Gasteiger partial charge in [0, 0.05) is 11.3 Å². The van der Waals surface area contributed by atoms with Crippen molar-refractivity contribution in [2.24, 2.45) is 5.73 Å². The number of nitriles is 1. The minimum Gasteiger partial charge on any atom is -0.472 e. The van der Waals surface area contributed by atoms with Crippen LogP contribution in [-0.4, -0.2) is 15.9 Å². The number of nitrogens with one attached hydrogen (secondary N) is 1. The molecule has 0 spiro atoms. The molecule has 0 saturated heterocycles. The first-order chi connectivity index (χ1) is 12.7. The summed E-state index contributed by atoms with van der Waals surface area (Å²) in [6, 6.07) is 18.2. The van der Waals surface area contributed by atoms with E-state index in [0.29, 0.717) is 17.9 Å². The summed E-state index contributed by atoms with van der Waals surface area (Å²) in [7, 11) is 0. The smallest absolute Gasteiger partial charge is 0.248 e. The maximum absolute atomic E-state index is 11.1. The van der Waals surface area contributed by atoms with E-state index >= 15 is 0 Å². The Labute approximate surface area is 150 Å². The molecule has 0 unspecified atom stereocenters. The van der Waals surface area contributed by atoms with Crippen LogP contribution in [-0.2, 0) is 6.61 Å². The molecule has 7 heteroatoms. The molecule has 0 atom stereocenters. The molecule has 1 amide bonds. The first-order valence-corrected chi connectivity index (χ1v) is 7.76. The largest absolute Gasteiger partial charge is 0.472 e. The van der Waals surface area contributed by atoms with Gasteiger partial charge >= 0.3 is 0 Å². The van der Waals surface area contributed by atoms with Gasteiger partial charge in [-0.3, -0.25) is 4.79 Å². The van der Waals surface area contributed by atoms with E-state index in [1.54, 1.807) is 24.3 Å². The molecule has 0 aliphatic rings. The first-order valence-electron chi connectivity index (χ1n) is 7.76. The Hall–Kier alpha value is -3.92. The summed E-state index contributed by atoms with van der Waals surface area (Å²) in [4.78, 5) is 19.5. The normalized spacial score (nSPS) is 9.96. The van der Waals surface area contributed by atoms with Gasteiger partial charge in [0.1, 0.15) is 18.2 Å². The molecule has 0 aliphatic carbocycles. The van der Waals surface area contributed by atoms with Crippen molar-refractivity contribution in [3.8, 4) is 11.9 Å². The van der Waals surface area contributed by atoms with Gasteiger partial charge in [0.05, 0.1) is 6.20 Å². The fourth-order valence-corrected chi connectivity index (χ4v) is 2.19. The standard InChI is InChI=1S/C19H15N5O2/c20-10-15-11-22-19(23-16-8-6-14(7-9-16)17(21)25)24-18(15)26-12-13-4-2-1-3-5-13/h1-9,11H,12H2,(H2,21,25)(H,22,23,24). The van der Waals surface area contributed by atoms with Crippen LogP contribution < -0.4 is 15.8 Å². The molecule has 3 N–H and O–H groups in total. The van der Waals surface area contributed by atoms with Crippen LogP contribution in [0.3, 0.4) is 0 Å². The van der Waals surface area contributed by atoms with Crippen molar-refractivity contribution in [2.75, 3.05) is 5.32 Å². The van der Waals surface area contributed by atoms with E-state index < -0.39 is 5.91 Å². The monoisotopic (exact) mass is 345 g/mol. The number of hydrogen-bond donors (Lipinski definition) is 2. The predicted octanol–water partition coefficient (Wildman–Crippen LogP) is 2.77. The Kier molecular flexibility index (Phi) is 5.05. The number of aromatic nitrogens is 2. The molecule has 128 valence electrons. The number of ether oxygens (including phenoxy) is 1. The van der Waals surface area contributed by atoms with Crippen molar-refractivity contribution >= 4 is 17.5 Å². The van der Waals surface area contributed by atoms with Gasteiger partial charge in [-0.2, -0.15) is 10.2 Å². The summed E-state index contributed by atoms with van der Waals surface area (Å²) in [6.45, 7) is 0.291. The number of anilines is 2. The van der Waals surface area contributed by atoms with E-state index in [-0.39, 0.29) is 17.4 Å². The zero-order valence-electron chi connectivity index (χ0n) is 13.7. The summed E-state index contributed by atoms with van der Waals surface area (Å²) in [5, 5.41) is 12.2. The minimum atomic E-state index is -0.497. The van der Waals surface area contributed by atoms with Crippen LogP contribution in [0.1, 0.15) is 21.5 Å². The molecule has 0 fully saturated rings. The summed E-state index contributed by atoms with van der Waals surface area (Å²) in [5.41, 5.74) is 7.51. The molecule has 1 aromatic heterocycles. The van der Waals surface area contributed by atoms with Crippen LogP contribution >= 0.6 is 0 Å². The van der Waals surface area contributed by atoms with Crippen LogP contribution in [0.4, 0.5) is 11.6 Å². The lowest BCUT2D eigenvalue weighted by molar-refractivity contribution is 0.100. The van der Waals surface area contributed by atoms with E-state index in [9.17, 15) is 10.1 Å². The highest BCUT2D eigenvalue weighted by atomic mass is 16.5. The van der Waals surface area contributed by atoms with Gasteiger partial charge in [-0.05, 0) is 29.8 Å². The fourth-order valence-electron chi connectivity index (χ4n) is 2.19. The Morgan fingerprint density at radius 3 is 2.54 bits per heavy atom. The van der Waals surface area contributed by atoms with E-state index in [2.05, 4.69) is 15.3 Å². The molecule has 1 heterocycles. The SMILES string of the molecule is N#Cc1cnc(Nc2ccc(C(N)=O)cc2)nc1OCc1ccccc1. The second-order valence-corrected chi connectivity index (χ2v) is 5.37. The molecule has 26 heavy (non-hydrogen) atoms. The van der Waals surface area contributed by atoms with Crippen molar-refractivity contribution in [3.63, 3.8) is 0 Å². The van der Waals surface area contributed by atoms with Gasteiger partial charge in [0.15, 0.2) is 0 Å². The van der Waals surface area contributed by atoms with Crippen molar-refractivity contribution in [3.05, 3.63) is 77.5 Å². The van der Waals surface area contributed by atoms with Crippen molar-refractivity contribution < 1.29 is 9.53 Å². The topological polar surface area (TPSA) is 114 Å². The van der Waals surface area contributed by atoms with Gasteiger partial charge in [0.2, 0.25) is 17.7 Å². The fraction of sp³-hybridized carbons (Fsp3) is 0.0526. The molecular formula is C19H15N5O2. The lowest BCUT2D eigenvalue weighted by Crippen LogP contribution is -2.10. The van der Waals surface area contributed by atoms with E-state index in [4.69, 9.17) is 10.5 Å². The molecule has 0 radical (unpaired) electrons. The van der Waals surface area contributed by atoms with Gasteiger partial charge in [-0.15, -0.1) is 0 Å². The maximum atomic E-state index is 11.1. The number of primary amides is 1. The average molecular weight is 345 g/mol. The maximum Gasteiger partial charge on any atom is 0.248 e. The summed E-state index contributed by atoms with van der Waals surface area (Å²) in [5.74, 6) is -0.0238. The number of nitrogens with two attached hydrogens (primary N) is 1. The van der Waals surface area contributed by atoms with E-state index in [0.717, 1.165) is 5.56 Å². The summed E-state index contributed by atoms with van der Waals surface area (Å²) >= 11 is 0. The van der Waals surface area contributed by atoms with Gasteiger partial charge < -0.3 is 15.8 Å². The van der Waals surface area contributed by atoms with Crippen LogP contribution in [0.5, 0.6) is 5.88 Å². The number of carbonyl (C=O) groups is 1. The molecule has 3 rings (SSSR count). The van der Waals surface area contributed by atoms with Crippen LogP contribution in [0, 0.1) is 11.3 Å². The van der Waals surface area contributed by atoms with Gasteiger partial charge in [0.25, 0.3) is 0 Å². The second-order valence-electron chi connectivity index (χ2n) is 5.37. The van der Waals surface area contributed by atoms with E-state index in [1.807, 2.05) is 36.4 Å². The first kappa shape index (κ1) is 16.9. The number of carbonyl (C=O) groups excluding carboxylic acids is 1. The molecule has 0 saturated carbocycles. The molecule has 7 nitrogen and oxygen atoms in total. The second kappa shape index (κ2) is 7.77. The van der Waals surface area contributed by atoms with Crippen molar-refractivity contribution in [1.82, 2.24) is 9.97 Å². The van der Waals surface area contributed by atoms with E-state index in [1.165, 1.54) is 6.20 Å². The van der Waals surface area contributed by atoms with Crippen LogP contribution in [0.15, 0.2) is 60.8 Å². The highest BCUT2D eigenvalue weighted by molar-refractivity contribution is 5.93. The Balaban J connectivity index is 1.76. The van der Waals surface area contributed by atoms with Gasteiger partial charge in [-0.25, -0.2) is 4.98 Å². The highest BCUT2D eigenvalue weighted by Crippen LogP contribution is 2.20. The predicted molar refractivity (Wildman–Crippen MR) is 95.8 cm³/mol. The molecule has 0 aliphatic heterocycles. The molecule has 2 aromatic carbocycles. The van der Waals surface area contributed by atoms with Crippen LogP contribution in [0.2, 0.25) is 0 Å². The Morgan fingerprint density at radius 2 is 1.88 bits per heavy atom. The third-order valence-electron chi connectivity index (χ3n) is 3.52. The number of nitrogens with zero attached hydrogens (tertiary/aromatic N) is 3. The number of benzene rings is 2. The van der Waals surface area contributed by atoms with Crippen LogP contribution in [0.25, 0.3) is 0 Å². The van der Waals surface area contributed by atoms with Crippen molar-refractivity contribution in [2.45, 2.75) is 6.61 Å². The Morgan fingerprint density at radius 1 is 1.15 bits per heavy atom. The summed E-state index contributed by atoms with van der Waals surface area (Å²) in [6.07, 6.45) is 1.40. The highest BCUT2D eigenvalue weighted by Gasteiger charge is 2.09. The lowest BCUT2D eigenvalue weighted by Gasteiger charge is -2.10. The molecular weight excluding hydrogens is 330 g/mol. The number of hydrogen-bond acceptors (Lipinski definition) is 6. The zero-order valence-corrected chi connectivity index (χ0v) is 13.7. The third-order valence-corrected chi connectivity index (χ3v) is 3.52. The molecule has 3 aromatic rings. The Bertz CT molecular complexity index is 950. The zero-order chi connectivity index (χ0) is 18.4. The lowest BCUT2D eigenvalue weighted by atomic mass is 10.2. The number of rotatable bonds is 6. The van der Waals surface area contributed by atoms with Gasteiger partial charge in [-0.1, -0.05) is 30.3 Å². The van der Waals surface area contributed by atoms with Crippen molar-refractivity contribution in [1.29, 1.82) is 5.26 Å². The summed E-state index contributed by atoms with van der Waals surface area (Å²) < 4.78 is 5.67. The quantitative estimate of drug-likeness (QED) is 0.710.